The number of urea groups is 1. The van der Waals surface area contributed by atoms with E-state index in [-0.39, 0.29) is 18.1 Å². The highest BCUT2D eigenvalue weighted by atomic mass is 16.5. The van der Waals surface area contributed by atoms with E-state index in [2.05, 4.69) is 10.6 Å². The van der Waals surface area contributed by atoms with Gasteiger partial charge in [0.05, 0.1) is 11.2 Å². The van der Waals surface area contributed by atoms with E-state index in [9.17, 15) is 9.59 Å². The molecule has 0 saturated carbocycles. The summed E-state index contributed by atoms with van der Waals surface area (Å²) in [6.45, 7) is 6.93. The Balaban J connectivity index is 2.43. The zero-order chi connectivity index (χ0) is 15.9. The van der Waals surface area contributed by atoms with Crippen LogP contribution < -0.4 is 10.6 Å². The number of ether oxygens (including phenoxy) is 1. The van der Waals surface area contributed by atoms with Crippen molar-refractivity contribution in [3.05, 3.63) is 35.4 Å². The van der Waals surface area contributed by atoms with Gasteiger partial charge in [-0.1, -0.05) is 12.1 Å². The molecule has 6 heteroatoms. The lowest BCUT2D eigenvalue weighted by Gasteiger charge is -2.24. The predicted octanol–water partition coefficient (Wildman–Crippen LogP) is 2.00. The maximum atomic E-state index is 11.7. The van der Waals surface area contributed by atoms with Crippen LogP contribution in [0.2, 0.25) is 0 Å². The van der Waals surface area contributed by atoms with Crippen LogP contribution in [0, 0.1) is 0 Å². The first-order chi connectivity index (χ1) is 9.84. The maximum Gasteiger partial charge on any atom is 0.335 e. The van der Waals surface area contributed by atoms with Crippen molar-refractivity contribution < 1.29 is 19.4 Å². The minimum absolute atomic E-state index is 0.201. The van der Waals surface area contributed by atoms with Gasteiger partial charge < -0.3 is 20.5 Å². The first kappa shape index (κ1) is 17.0. The molecule has 0 aromatic heterocycles. The van der Waals surface area contributed by atoms with Gasteiger partial charge in [0, 0.05) is 19.7 Å². The second kappa shape index (κ2) is 7.64. The average molecular weight is 294 g/mol. The Bertz CT molecular complexity index is 500. The maximum absolute atomic E-state index is 11.7. The number of carbonyl (C=O) groups excluding carboxylic acids is 1. The Labute approximate surface area is 124 Å². The Kier molecular flexibility index (Phi) is 6.17. The van der Waals surface area contributed by atoms with Crippen molar-refractivity contribution in [3.63, 3.8) is 0 Å². The van der Waals surface area contributed by atoms with Gasteiger partial charge in [0.1, 0.15) is 0 Å². The van der Waals surface area contributed by atoms with Crippen LogP contribution >= 0.6 is 0 Å². The van der Waals surface area contributed by atoms with E-state index in [1.165, 1.54) is 12.1 Å². The molecule has 0 fully saturated rings. The topological polar surface area (TPSA) is 87.7 Å². The normalized spacial score (nSPS) is 11.0. The van der Waals surface area contributed by atoms with Crippen LogP contribution in [0.3, 0.4) is 0 Å². The SMILES string of the molecule is CCOC(C)(C)CNC(=O)NCc1cccc(C(=O)O)c1. The van der Waals surface area contributed by atoms with Crippen molar-refractivity contribution >= 4 is 12.0 Å². The number of rotatable bonds is 7. The van der Waals surface area contributed by atoms with Gasteiger partial charge in [-0.15, -0.1) is 0 Å². The molecule has 0 aliphatic heterocycles. The Morgan fingerprint density at radius 1 is 1.29 bits per heavy atom. The molecule has 2 amide bonds. The van der Waals surface area contributed by atoms with Crippen LogP contribution in [0.15, 0.2) is 24.3 Å². The molecule has 0 aliphatic rings. The molecule has 1 rings (SSSR count). The molecule has 1 aromatic carbocycles. The van der Waals surface area contributed by atoms with Crippen LogP contribution in [0.1, 0.15) is 36.7 Å². The first-order valence-electron chi connectivity index (χ1n) is 6.82. The summed E-state index contributed by atoms with van der Waals surface area (Å²) in [4.78, 5) is 22.5. The van der Waals surface area contributed by atoms with Crippen molar-refractivity contribution in [2.24, 2.45) is 0 Å². The second-order valence-corrected chi connectivity index (χ2v) is 5.23. The Morgan fingerprint density at radius 2 is 2.00 bits per heavy atom. The van der Waals surface area contributed by atoms with Gasteiger partial charge in [0.15, 0.2) is 0 Å². The fourth-order valence-corrected chi connectivity index (χ4v) is 1.79. The van der Waals surface area contributed by atoms with Gasteiger partial charge in [0.2, 0.25) is 0 Å². The molecule has 3 N–H and O–H groups in total. The van der Waals surface area contributed by atoms with Crippen LogP contribution in [-0.2, 0) is 11.3 Å². The van der Waals surface area contributed by atoms with Crippen LogP contribution in [0.5, 0.6) is 0 Å². The molecular formula is C15H22N2O4. The van der Waals surface area contributed by atoms with Gasteiger partial charge in [0.25, 0.3) is 0 Å². The highest BCUT2D eigenvalue weighted by Gasteiger charge is 2.18. The van der Waals surface area contributed by atoms with E-state index in [0.29, 0.717) is 13.2 Å². The summed E-state index contributed by atoms with van der Waals surface area (Å²) in [5.74, 6) is -0.986. The highest BCUT2D eigenvalue weighted by Crippen LogP contribution is 2.07. The number of carboxylic acid groups (broad SMARTS) is 1. The molecule has 0 unspecified atom stereocenters. The van der Waals surface area contributed by atoms with Gasteiger partial charge in [-0.05, 0) is 38.5 Å². The third-order valence-electron chi connectivity index (χ3n) is 2.84. The first-order valence-corrected chi connectivity index (χ1v) is 6.82. The monoisotopic (exact) mass is 294 g/mol. The molecule has 0 atom stereocenters. The lowest BCUT2D eigenvalue weighted by atomic mass is 10.1. The van der Waals surface area contributed by atoms with Crippen LogP contribution in [0.4, 0.5) is 4.79 Å². The lowest BCUT2D eigenvalue weighted by molar-refractivity contribution is -0.00690. The molecule has 0 aliphatic carbocycles. The van der Waals surface area contributed by atoms with E-state index in [1.807, 2.05) is 20.8 Å². The van der Waals surface area contributed by atoms with Gasteiger partial charge in [-0.2, -0.15) is 0 Å². The molecular weight excluding hydrogens is 272 g/mol. The number of carboxylic acids is 1. The largest absolute Gasteiger partial charge is 0.478 e. The van der Waals surface area contributed by atoms with Crippen molar-refractivity contribution in [2.45, 2.75) is 32.9 Å². The summed E-state index contributed by atoms with van der Waals surface area (Å²) < 4.78 is 5.48. The molecule has 6 nitrogen and oxygen atoms in total. The predicted molar refractivity (Wildman–Crippen MR) is 79.3 cm³/mol. The Morgan fingerprint density at radius 3 is 2.62 bits per heavy atom. The molecule has 21 heavy (non-hydrogen) atoms. The number of aromatic carboxylic acids is 1. The zero-order valence-corrected chi connectivity index (χ0v) is 12.6. The molecule has 1 aromatic rings. The summed E-state index contributed by atoms with van der Waals surface area (Å²) in [6.07, 6.45) is 0. The van der Waals surface area contributed by atoms with E-state index >= 15 is 0 Å². The third-order valence-corrected chi connectivity index (χ3v) is 2.84. The zero-order valence-electron chi connectivity index (χ0n) is 12.6. The number of benzene rings is 1. The van der Waals surface area contributed by atoms with Gasteiger partial charge >= 0.3 is 12.0 Å². The smallest absolute Gasteiger partial charge is 0.335 e. The van der Waals surface area contributed by atoms with Crippen molar-refractivity contribution in [3.8, 4) is 0 Å². The fourth-order valence-electron chi connectivity index (χ4n) is 1.79. The molecule has 0 saturated heterocycles. The van der Waals surface area contributed by atoms with E-state index in [1.54, 1.807) is 12.1 Å². The van der Waals surface area contributed by atoms with Crippen molar-refractivity contribution in [2.75, 3.05) is 13.2 Å². The summed E-state index contributed by atoms with van der Waals surface area (Å²) in [6, 6.07) is 6.14. The summed E-state index contributed by atoms with van der Waals surface area (Å²) in [5, 5.41) is 14.3. The number of hydrogen-bond acceptors (Lipinski definition) is 3. The molecule has 0 spiro atoms. The number of amides is 2. The van der Waals surface area contributed by atoms with Gasteiger partial charge in [-0.25, -0.2) is 9.59 Å². The number of hydrogen-bond donors (Lipinski definition) is 3. The fraction of sp³-hybridized carbons (Fsp3) is 0.467. The van der Waals surface area contributed by atoms with E-state index < -0.39 is 11.6 Å². The second-order valence-electron chi connectivity index (χ2n) is 5.23. The standard InChI is InChI=1S/C15H22N2O4/c1-4-21-15(2,3)10-17-14(20)16-9-11-6-5-7-12(8-11)13(18)19/h5-8H,4,9-10H2,1-3H3,(H,18,19)(H2,16,17,20). The average Bonchev–Trinajstić information content (AvgIpc) is 2.43. The summed E-state index contributed by atoms with van der Waals surface area (Å²) in [5.41, 5.74) is 0.510. The molecule has 0 radical (unpaired) electrons. The summed E-state index contributed by atoms with van der Waals surface area (Å²) >= 11 is 0. The molecule has 0 heterocycles. The minimum Gasteiger partial charge on any atom is -0.478 e. The lowest BCUT2D eigenvalue weighted by Crippen LogP contribution is -2.44. The Hall–Kier alpha value is -2.08. The van der Waals surface area contributed by atoms with Gasteiger partial charge in [-0.3, -0.25) is 0 Å². The van der Waals surface area contributed by atoms with Crippen LogP contribution in [0.25, 0.3) is 0 Å². The van der Waals surface area contributed by atoms with E-state index in [4.69, 9.17) is 9.84 Å². The minimum atomic E-state index is -0.986. The highest BCUT2D eigenvalue weighted by molar-refractivity contribution is 5.87. The van der Waals surface area contributed by atoms with Crippen molar-refractivity contribution in [1.29, 1.82) is 0 Å². The van der Waals surface area contributed by atoms with Crippen LogP contribution in [-0.4, -0.2) is 35.9 Å². The number of nitrogens with one attached hydrogen (secondary N) is 2. The third kappa shape index (κ3) is 6.27. The quantitative estimate of drug-likeness (QED) is 0.717. The van der Waals surface area contributed by atoms with E-state index in [0.717, 1.165) is 5.56 Å². The molecule has 0 bridgehead atoms. The van der Waals surface area contributed by atoms with Crippen molar-refractivity contribution in [1.82, 2.24) is 10.6 Å². The number of carbonyl (C=O) groups is 2. The molecule has 116 valence electrons. The summed E-state index contributed by atoms with van der Waals surface area (Å²) in [7, 11) is 0.